The van der Waals surface area contributed by atoms with E-state index in [0.29, 0.717) is 43.2 Å². The average molecular weight is 464 g/mol. The Morgan fingerprint density at radius 2 is 1.61 bits per heavy atom. The summed E-state index contributed by atoms with van der Waals surface area (Å²) < 4.78 is 25.9. The van der Waals surface area contributed by atoms with Gasteiger partial charge in [-0.2, -0.15) is 4.68 Å². The molecule has 2 aromatic heterocycles. The van der Waals surface area contributed by atoms with E-state index >= 15 is 0 Å². The van der Waals surface area contributed by atoms with Crippen molar-refractivity contribution >= 4 is 32.7 Å². The van der Waals surface area contributed by atoms with Crippen molar-refractivity contribution in [3.8, 4) is 5.69 Å². The molecular formula is C22H21N7O3S. The summed E-state index contributed by atoms with van der Waals surface area (Å²) in [6, 6.07) is 15.9. The number of anilines is 1. The average Bonchev–Trinajstić information content (AvgIpc) is 3.28. The molecule has 0 N–H and O–H groups in total. The molecule has 4 aromatic rings. The summed E-state index contributed by atoms with van der Waals surface area (Å²) in [5.41, 5.74) is 2.24. The molecule has 1 saturated heterocycles. The van der Waals surface area contributed by atoms with Crippen LogP contribution in [0.5, 0.6) is 0 Å². The van der Waals surface area contributed by atoms with E-state index in [9.17, 15) is 13.2 Å². The second-order valence-corrected chi connectivity index (χ2v) is 9.74. The number of benzene rings is 2. The minimum absolute atomic E-state index is 0.0486. The van der Waals surface area contributed by atoms with Gasteiger partial charge in [0.1, 0.15) is 6.33 Å². The Kier molecular flexibility index (Phi) is 5.25. The zero-order chi connectivity index (χ0) is 23.0. The van der Waals surface area contributed by atoms with Crippen molar-refractivity contribution in [2.24, 2.45) is 0 Å². The van der Waals surface area contributed by atoms with E-state index in [2.05, 4.69) is 20.3 Å². The largest absolute Gasteiger partial charge is 0.351 e. The molecule has 1 aliphatic heterocycles. The first kappa shape index (κ1) is 21.0. The number of hydrogen-bond acceptors (Lipinski definition) is 8. The molecule has 1 fully saturated rings. The van der Waals surface area contributed by atoms with Crippen molar-refractivity contribution < 1.29 is 13.2 Å². The van der Waals surface area contributed by atoms with Crippen LogP contribution in [-0.2, 0) is 9.84 Å². The van der Waals surface area contributed by atoms with Crippen molar-refractivity contribution in [3.05, 3.63) is 66.5 Å². The second-order valence-electron chi connectivity index (χ2n) is 7.75. The van der Waals surface area contributed by atoms with Crippen LogP contribution in [0.15, 0.2) is 65.8 Å². The highest BCUT2D eigenvalue weighted by molar-refractivity contribution is 7.90. The summed E-state index contributed by atoms with van der Waals surface area (Å²) in [4.78, 5) is 25.6. The number of carbonyl (C=O) groups excluding carboxylic acids is 1. The van der Waals surface area contributed by atoms with Crippen LogP contribution in [0.25, 0.3) is 16.9 Å². The molecule has 0 spiro atoms. The summed E-state index contributed by atoms with van der Waals surface area (Å²) in [7, 11) is -3.51. The minimum atomic E-state index is -3.51. The number of hydrogen-bond donors (Lipinski definition) is 0. The first-order chi connectivity index (χ1) is 15.9. The third-order valence-electron chi connectivity index (χ3n) is 5.60. The highest BCUT2D eigenvalue weighted by Crippen LogP contribution is 2.24. The van der Waals surface area contributed by atoms with Gasteiger partial charge in [-0.1, -0.05) is 35.5 Å². The van der Waals surface area contributed by atoms with Gasteiger partial charge in [0.25, 0.3) is 5.91 Å². The zero-order valence-electron chi connectivity index (χ0n) is 17.9. The number of carbonyl (C=O) groups is 1. The van der Waals surface area contributed by atoms with Gasteiger partial charge in [-0.25, -0.2) is 18.4 Å². The van der Waals surface area contributed by atoms with Crippen LogP contribution in [0, 0.1) is 0 Å². The van der Waals surface area contributed by atoms with Crippen molar-refractivity contribution in [2.45, 2.75) is 4.90 Å². The Hall–Kier alpha value is -3.86. The maximum atomic E-state index is 13.1. The fourth-order valence-corrected chi connectivity index (χ4v) is 4.85. The molecule has 11 heteroatoms. The van der Waals surface area contributed by atoms with Crippen LogP contribution in [0.4, 0.5) is 5.82 Å². The lowest BCUT2D eigenvalue weighted by Gasteiger charge is -2.35. The fraction of sp³-hybridized carbons (Fsp3) is 0.227. The third kappa shape index (κ3) is 3.91. The normalized spacial score (nSPS) is 14.6. The Labute approximate surface area is 190 Å². The first-order valence-electron chi connectivity index (χ1n) is 10.4. The highest BCUT2D eigenvalue weighted by Gasteiger charge is 2.28. The summed E-state index contributed by atoms with van der Waals surface area (Å²) in [6.45, 7) is 1.90. The van der Waals surface area contributed by atoms with Crippen molar-refractivity contribution in [1.29, 1.82) is 0 Å². The van der Waals surface area contributed by atoms with Crippen LogP contribution in [0.3, 0.4) is 0 Å². The highest BCUT2D eigenvalue weighted by atomic mass is 32.2. The molecule has 2 aromatic carbocycles. The van der Waals surface area contributed by atoms with Gasteiger partial charge in [0, 0.05) is 32.4 Å². The van der Waals surface area contributed by atoms with Gasteiger partial charge in [0.15, 0.2) is 26.8 Å². The van der Waals surface area contributed by atoms with E-state index in [0.717, 1.165) is 11.9 Å². The van der Waals surface area contributed by atoms with E-state index in [1.165, 1.54) is 12.4 Å². The molecule has 3 heterocycles. The summed E-state index contributed by atoms with van der Waals surface area (Å²) in [6.07, 6.45) is 2.60. The molecule has 5 rings (SSSR count). The van der Waals surface area contributed by atoms with Gasteiger partial charge >= 0.3 is 0 Å². The van der Waals surface area contributed by atoms with Gasteiger partial charge in [0.2, 0.25) is 0 Å². The van der Waals surface area contributed by atoms with Crippen LogP contribution in [-0.4, -0.2) is 76.6 Å². The summed E-state index contributed by atoms with van der Waals surface area (Å²) >= 11 is 0. The van der Waals surface area contributed by atoms with E-state index < -0.39 is 9.84 Å². The number of aromatic nitrogens is 5. The first-order valence-corrected chi connectivity index (χ1v) is 12.3. The molecule has 0 aliphatic carbocycles. The summed E-state index contributed by atoms with van der Waals surface area (Å²) in [5.74, 6) is 0.365. The molecular weight excluding hydrogens is 442 g/mol. The van der Waals surface area contributed by atoms with E-state index in [1.807, 2.05) is 35.2 Å². The lowest BCUT2D eigenvalue weighted by molar-refractivity contribution is 0.0742. The van der Waals surface area contributed by atoms with Crippen molar-refractivity contribution in [1.82, 2.24) is 29.9 Å². The van der Waals surface area contributed by atoms with Crippen LogP contribution in [0.1, 0.15) is 10.4 Å². The minimum Gasteiger partial charge on any atom is -0.351 e. The summed E-state index contributed by atoms with van der Waals surface area (Å²) in [5, 5.41) is 8.56. The van der Waals surface area contributed by atoms with Crippen molar-refractivity contribution in [3.63, 3.8) is 0 Å². The molecule has 0 radical (unpaired) electrons. The molecule has 33 heavy (non-hydrogen) atoms. The molecule has 10 nitrogen and oxygen atoms in total. The zero-order valence-corrected chi connectivity index (χ0v) is 18.7. The predicted octanol–water partition coefficient (Wildman–Crippen LogP) is 1.58. The Bertz CT molecular complexity index is 1430. The molecule has 0 unspecified atom stereocenters. The van der Waals surface area contributed by atoms with Crippen LogP contribution >= 0.6 is 0 Å². The SMILES string of the molecule is CS(=O)(=O)c1ccccc1C(=O)N1CCN(c2ncnc3c2nnn3-c2ccccc2)CC1. The Morgan fingerprint density at radius 1 is 0.909 bits per heavy atom. The van der Waals surface area contributed by atoms with Gasteiger partial charge in [0.05, 0.1) is 16.1 Å². The number of piperazine rings is 1. The molecule has 1 amide bonds. The van der Waals surface area contributed by atoms with Gasteiger partial charge in [-0.05, 0) is 24.3 Å². The number of nitrogens with zero attached hydrogens (tertiary/aromatic N) is 7. The lowest BCUT2D eigenvalue weighted by atomic mass is 10.2. The van der Waals surface area contributed by atoms with E-state index in [-0.39, 0.29) is 16.4 Å². The van der Waals surface area contributed by atoms with E-state index in [1.54, 1.807) is 27.8 Å². The topological polar surface area (TPSA) is 114 Å². The standard InChI is InChI=1S/C22H21N7O3S/c1-33(31,32)18-10-6-5-9-17(18)22(30)28-13-11-27(12-14-28)20-19-21(24-15-23-20)29(26-25-19)16-7-3-2-4-8-16/h2-10,15H,11-14H2,1H3. The predicted molar refractivity (Wildman–Crippen MR) is 122 cm³/mol. The van der Waals surface area contributed by atoms with E-state index in [4.69, 9.17) is 0 Å². The molecule has 0 atom stereocenters. The third-order valence-corrected chi connectivity index (χ3v) is 6.76. The number of amides is 1. The van der Waals surface area contributed by atoms with Crippen molar-refractivity contribution in [2.75, 3.05) is 37.3 Å². The van der Waals surface area contributed by atoms with Gasteiger partial charge < -0.3 is 9.80 Å². The van der Waals surface area contributed by atoms with Crippen LogP contribution in [0.2, 0.25) is 0 Å². The molecule has 1 aliphatic rings. The monoisotopic (exact) mass is 463 g/mol. The van der Waals surface area contributed by atoms with Crippen LogP contribution < -0.4 is 4.90 Å². The van der Waals surface area contributed by atoms with Gasteiger partial charge in [-0.15, -0.1) is 5.10 Å². The Morgan fingerprint density at radius 3 is 2.33 bits per heavy atom. The fourth-order valence-electron chi connectivity index (χ4n) is 3.97. The molecule has 0 bridgehead atoms. The maximum Gasteiger partial charge on any atom is 0.255 e. The quantitative estimate of drug-likeness (QED) is 0.448. The second kappa shape index (κ2) is 8.24. The number of rotatable bonds is 4. The maximum absolute atomic E-state index is 13.1. The van der Waals surface area contributed by atoms with Gasteiger partial charge in [-0.3, -0.25) is 4.79 Å². The number of para-hydroxylation sites is 1. The smallest absolute Gasteiger partial charge is 0.255 e. The number of fused-ring (bicyclic) bond motifs is 1. The molecule has 0 saturated carbocycles. The number of sulfone groups is 1. The Balaban J connectivity index is 1.37. The molecule has 168 valence electrons. The lowest BCUT2D eigenvalue weighted by Crippen LogP contribution is -2.49.